The Morgan fingerprint density at radius 3 is 2.50 bits per heavy atom. The molecule has 0 aliphatic heterocycles. The summed E-state index contributed by atoms with van der Waals surface area (Å²) in [4.78, 5) is 30.6. The van der Waals surface area contributed by atoms with Crippen LogP contribution < -0.4 is 5.32 Å². The molecule has 5 nitrogen and oxygen atoms in total. The van der Waals surface area contributed by atoms with Crippen molar-refractivity contribution in [2.75, 3.05) is 6.54 Å². The Hall–Kier alpha value is -2.21. The minimum absolute atomic E-state index is 0.0550. The van der Waals surface area contributed by atoms with Gasteiger partial charge in [-0.1, -0.05) is 58.0 Å². The molecule has 0 bridgehead atoms. The van der Waals surface area contributed by atoms with Crippen LogP contribution in [-0.4, -0.2) is 34.8 Å². The van der Waals surface area contributed by atoms with Gasteiger partial charge in [0.25, 0.3) is 0 Å². The highest BCUT2D eigenvalue weighted by molar-refractivity contribution is 7.09. The second kappa shape index (κ2) is 11.0. The van der Waals surface area contributed by atoms with Crippen molar-refractivity contribution < 1.29 is 9.59 Å². The number of benzene rings is 1. The highest BCUT2D eigenvalue weighted by atomic mass is 32.1. The van der Waals surface area contributed by atoms with Crippen molar-refractivity contribution in [1.82, 2.24) is 15.2 Å². The molecule has 2 aromatic rings. The molecule has 1 atom stereocenters. The predicted molar refractivity (Wildman–Crippen MR) is 115 cm³/mol. The lowest BCUT2D eigenvalue weighted by Crippen LogP contribution is -2.47. The minimum atomic E-state index is -0.481. The molecule has 0 spiro atoms. The van der Waals surface area contributed by atoms with E-state index in [9.17, 15) is 9.59 Å². The van der Waals surface area contributed by atoms with Gasteiger partial charge in [-0.05, 0) is 24.3 Å². The van der Waals surface area contributed by atoms with E-state index in [1.54, 1.807) is 16.2 Å². The maximum Gasteiger partial charge on any atom is 0.318 e. The first kappa shape index (κ1) is 22.1. The standard InChI is InChI=1S/C22H31N3O2S/c1-16(2)20(14-26)24-22(27)25(12-8-11-18-9-6-5-7-10-18)13-19-15-28-21(23-19)17(3)4/h5-7,9-10,14-17,20H,8,11-13H2,1-4H3,(H,24,27)/t20-/m1/s1. The van der Waals surface area contributed by atoms with E-state index in [0.717, 1.165) is 29.8 Å². The molecule has 0 saturated carbocycles. The lowest BCUT2D eigenvalue weighted by atomic mass is 10.1. The molecular weight excluding hydrogens is 370 g/mol. The molecule has 1 aromatic carbocycles. The second-order valence-corrected chi connectivity index (χ2v) is 8.59. The first-order valence-corrected chi connectivity index (χ1v) is 10.8. The van der Waals surface area contributed by atoms with Gasteiger partial charge in [-0.15, -0.1) is 11.3 Å². The van der Waals surface area contributed by atoms with Gasteiger partial charge in [-0.3, -0.25) is 0 Å². The molecule has 28 heavy (non-hydrogen) atoms. The van der Waals surface area contributed by atoms with E-state index in [-0.39, 0.29) is 11.9 Å². The van der Waals surface area contributed by atoms with Crippen molar-refractivity contribution in [3.63, 3.8) is 0 Å². The Labute approximate surface area is 172 Å². The molecule has 2 amide bonds. The third-order valence-corrected chi connectivity index (χ3v) is 5.79. The van der Waals surface area contributed by atoms with Crippen LogP contribution in [0.5, 0.6) is 0 Å². The summed E-state index contributed by atoms with van der Waals surface area (Å²) in [6.07, 6.45) is 2.57. The van der Waals surface area contributed by atoms with Crippen LogP contribution in [0.2, 0.25) is 0 Å². The number of rotatable bonds is 10. The van der Waals surface area contributed by atoms with Crippen LogP contribution in [0.25, 0.3) is 0 Å². The van der Waals surface area contributed by atoms with Crippen LogP contribution in [-0.2, 0) is 17.8 Å². The van der Waals surface area contributed by atoms with Gasteiger partial charge in [-0.25, -0.2) is 9.78 Å². The highest BCUT2D eigenvalue weighted by Crippen LogP contribution is 2.20. The fourth-order valence-corrected chi connectivity index (χ4v) is 3.64. The van der Waals surface area contributed by atoms with Gasteiger partial charge in [0.2, 0.25) is 0 Å². The van der Waals surface area contributed by atoms with Crippen LogP contribution in [0, 0.1) is 5.92 Å². The van der Waals surface area contributed by atoms with E-state index in [1.807, 2.05) is 37.4 Å². The van der Waals surface area contributed by atoms with Gasteiger partial charge < -0.3 is 15.0 Å². The number of nitrogens with one attached hydrogen (secondary N) is 1. The summed E-state index contributed by atoms with van der Waals surface area (Å²) in [6.45, 7) is 9.14. The van der Waals surface area contributed by atoms with E-state index in [0.29, 0.717) is 19.0 Å². The van der Waals surface area contributed by atoms with E-state index in [2.05, 4.69) is 36.3 Å². The largest absolute Gasteiger partial charge is 0.328 e. The van der Waals surface area contributed by atoms with Crippen LogP contribution in [0.15, 0.2) is 35.7 Å². The van der Waals surface area contributed by atoms with Gasteiger partial charge in [0.05, 0.1) is 23.3 Å². The van der Waals surface area contributed by atoms with Crippen LogP contribution >= 0.6 is 11.3 Å². The summed E-state index contributed by atoms with van der Waals surface area (Å²) in [7, 11) is 0. The third-order valence-electron chi connectivity index (χ3n) is 4.59. The lowest BCUT2D eigenvalue weighted by molar-refractivity contribution is -0.110. The number of aryl methyl sites for hydroxylation is 1. The number of carbonyl (C=O) groups excluding carboxylic acids is 2. The number of carbonyl (C=O) groups is 2. The molecule has 0 unspecified atom stereocenters. The summed E-state index contributed by atoms with van der Waals surface area (Å²) in [5.74, 6) is 0.430. The molecule has 0 saturated heterocycles. The zero-order valence-corrected chi connectivity index (χ0v) is 18.0. The molecule has 0 aliphatic carbocycles. The summed E-state index contributed by atoms with van der Waals surface area (Å²) < 4.78 is 0. The van der Waals surface area contributed by atoms with Gasteiger partial charge >= 0.3 is 6.03 Å². The van der Waals surface area contributed by atoms with Crippen molar-refractivity contribution in [2.24, 2.45) is 5.92 Å². The number of nitrogens with zero attached hydrogens (tertiary/aromatic N) is 2. The average Bonchev–Trinajstić information content (AvgIpc) is 3.14. The predicted octanol–water partition coefficient (Wildman–Crippen LogP) is 4.63. The first-order chi connectivity index (χ1) is 13.4. The summed E-state index contributed by atoms with van der Waals surface area (Å²) in [5, 5.41) is 5.96. The van der Waals surface area contributed by atoms with Gasteiger partial charge in [0.1, 0.15) is 6.29 Å². The Bertz CT molecular complexity index is 743. The quantitative estimate of drug-likeness (QED) is 0.590. The molecule has 0 radical (unpaired) electrons. The molecule has 1 N–H and O–H groups in total. The number of aldehydes is 1. The fourth-order valence-electron chi connectivity index (χ4n) is 2.82. The van der Waals surface area contributed by atoms with Crippen molar-refractivity contribution in [3.8, 4) is 0 Å². The number of aromatic nitrogens is 1. The SMILES string of the molecule is CC(C)c1nc(CN(CCCc2ccccc2)C(=O)N[C@H](C=O)C(C)C)cs1. The van der Waals surface area contributed by atoms with Gasteiger partial charge in [0, 0.05) is 17.8 Å². The maximum absolute atomic E-state index is 12.8. The van der Waals surface area contributed by atoms with E-state index >= 15 is 0 Å². The minimum Gasteiger partial charge on any atom is -0.328 e. The second-order valence-electron chi connectivity index (χ2n) is 7.70. The summed E-state index contributed by atoms with van der Waals surface area (Å²) in [6, 6.07) is 9.56. The summed E-state index contributed by atoms with van der Waals surface area (Å²) >= 11 is 1.63. The number of urea groups is 1. The Morgan fingerprint density at radius 1 is 1.21 bits per heavy atom. The normalized spacial score (nSPS) is 12.2. The van der Waals surface area contributed by atoms with Crippen molar-refractivity contribution in [3.05, 3.63) is 52.0 Å². The molecule has 6 heteroatoms. The monoisotopic (exact) mass is 401 g/mol. The molecule has 2 rings (SSSR count). The molecule has 0 aliphatic rings. The lowest BCUT2D eigenvalue weighted by Gasteiger charge is -2.25. The third kappa shape index (κ3) is 6.75. The molecular formula is C22H31N3O2S. The number of hydrogen-bond donors (Lipinski definition) is 1. The zero-order valence-electron chi connectivity index (χ0n) is 17.2. The fraction of sp³-hybridized carbons (Fsp3) is 0.500. The molecule has 1 heterocycles. The number of hydrogen-bond acceptors (Lipinski definition) is 4. The Balaban J connectivity index is 2.04. The summed E-state index contributed by atoms with van der Waals surface area (Å²) in [5.41, 5.74) is 2.15. The van der Waals surface area contributed by atoms with E-state index in [4.69, 9.17) is 0 Å². The smallest absolute Gasteiger partial charge is 0.318 e. The van der Waals surface area contributed by atoms with Crippen molar-refractivity contribution >= 4 is 23.7 Å². The first-order valence-electron chi connectivity index (χ1n) is 9.89. The van der Waals surface area contributed by atoms with Crippen LogP contribution in [0.1, 0.15) is 56.3 Å². The highest BCUT2D eigenvalue weighted by Gasteiger charge is 2.21. The number of amides is 2. The van der Waals surface area contributed by atoms with Crippen molar-refractivity contribution in [2.45, 2.75) is 59.0 Å². The Morgan fingerprint density at radius 2 is 1.93 bits per heavy atom. The van der Waals surface area contributed by atoms with E-state index < -0.39 is 6.04 Å². The van der Waals surface area contributed by atoms with E-state index in [1.165, 1.54) is 5.56 Å². The molecule has 0 fully saturated rings. The molecule has 1 aromatic heterocycles. The van der Waals surface area contributed by atoms with Gasteiger partial charge in [-0.2, -0.15) is 0 Å². The molecule has 152 valence electrons. The van der Waals surface area contributed by atoms with Crippen LogP contribution in [0.3, 0.4) is 0 Å². The van der Waals surface area contributed by atoms with Gasteiger partial charge in [0.15, 0.2) is 0 Å². The average molecular weight is 402 g/mol. The Kier molecular flexibility index (Phi) is 8.64. The van der Waals surface area contributed by atoms with Crippen LogP contribution in [0.4, 0.5) is 4.79 Å². The van der Waals surface area contributed by atoms with Crippen molar-refractivity contribution in [1.29, 1.82) is 0 Å². The number of thiazole rings is 1. The topological polar surface area (TPSA) is 62.3 Å². The zero-order chi connectivity index (χ0) is 20.5. The maximum atomic E-state index is 12.8.